The van der Waals surface area contributed by atoms with Crippen molar-refractivity contribution in [1.82, 2.24) is 10.2 Å². The van der Waals surface area contributed by atoms with Crippen LogP contribution in [0.5, 0.6) is 0 Å². The van der Waals surface area contributed by atoms with Crippen LogP contribution in [0.15, 0.2) is 0 Å². The lowest BCUT2D eigenvalue weighted by atomic mass is 10.1. The van der Waals surface area contributed by atoms with Crippen molar-refractivity contribution in [3.63, 3.8) is 0 Å². The van der Waals surface area contributed by atoms with E-state index in [-0.39, 0.29) is 0 Å². The number of nitrogens with one attached hydrogen (secondary N) is 1. The van der Waals surface area contributed by atoms with Crippen LogP contribution in [0.25, 0.3) is 0 Å². The second-order valence-electron chi connectivity index (χ2n) is 5.54. The lowest BCUT2D eigenvalue weighted by Gasteiger charge is -2.29. The summed E-state index contributed by atoms with van der Waals surface area (Å²) < 4.78 is 5.36. The molecule has 0 aromatic rings. The fourth-order valence-electron chi connectivity index (χ4n) is 2.49. The average molecular weight is 256 g/mol. The van der Waals surface area contributed by atoms with Gasteiger partial charge in [0.1, 0.15) is 0 Å². The Morgan fingerprint density at radius 3 is 2.44 bits per heavy atom. The Labute approximate surface area is 113 Å². The van der Waals surface area contributed by atoms with Gasteiger partial charge >= 0.3 is 0 Å². The highest BCUT2D eigenvalue weighted by atomic mass is 16.5. The van der Waals surface area contributed by atoms with Gasteiger partial charge in [0.05, 0.1) is 13.2 Å². The maximum absolute atomic E-state index is 5.36. The maximum Gasteiger partial charge on any atom is 0.0594 e. The van der Waals surface area contributed by atoms with E-state index in [4.69, 9.17) is 4.74 Å². The maximum atomic E-state index is 5.36. The van der Waals surface area contributed by atoms with E-state index in [1.54, 1.807) is 0 Å². The Bertz CT molecular complexity index is 181. The van der Waals surface area contributed by atoms with Crippen molar-refractivity contribution in [3.05, 3.63) is 0 Å². The third-order valence-electron chi connectivity index (χ3n) is 3.66. The van der Waals surface area contributed by atoms with Crippen molar-refractivity contribution in [1.29, 1.82) is 0 Å². The summed E-state index contributed by atoms with van der Waals surface area (Å²) in [5, 5.41) is 3.64. The van der Waals surface area contributed by atoms with Gasteiger partial charge in [-0.3, -0.25) is 4.90 Å². The molecule has 1 fully saturated rings. The molecular formula is C15H32N2O. The lowest BCUT2D eigenvalue weighted by Crippen LogP contribution is -2.44. The van der Waals surface area contributed by atoms with Gasteiger partial charge < -0.3 is 10.1 Å². The molecule has 0 spiro atoms. The molecule has 1 atom stereocenters. The third-order valence-corrected chi connectivity index (χ3v) is 3.66. The smallest absolute Gasteiger partial charge is 0.0594 e. The fraction of sp³-hybridized carbons (Fsp3) is 1.00. The summed E-state index contributed by atoms with van der Waals surface area (Å²) in [5.41, 5.74) is 0. The van der Waals surface area contributed by atoms with E-state index in [1.165, 1.54) is 51.6 Å². The normalized spacial score (nSPS) is 19.0. The minimum Gasteiger partial charge on any atom is -0.379 e. The Morgan fingerprint density at radius 1 is 1.06 bits per heavy atom. The van der Waals surface area contributed by atoms with E-state index >= 15 is 0 Å². The standard InChI is InChI=1S/C15H32N2O/c1-3-4-5-6-7-8-9-16-15(2)14-17-10-12-18-13-11-17/h15-16H,3-14H2,1-2H3. The number of hydrogen-bond acceptors (Lipinski definition) is 3. The summed E-state index contributed by atoms with van der Waals surface area (Å²) >= 11 is 0. The van der Waals surface area contributed by atoms with Gasteiger partial charge in [0, 0.05) is 25.7 Å². The van der Waals surface area contributed by atoms with Gasteiger partial charge in [-0.05, 0) is 19.9 Å². The molecule has 1 aliphatic rings. The van der Waals surface area contributed by atoms with Crippen LogP contribution in [0.4, 0.5) is 0 Å². The quantitative estimate of drug-likeness (QED) is 0.608. The molecule has 0 bridgehead atoms. The molecule has 0 aromatic heterocycles. The first-order chi connectivity index (χ1) is 8.83. The minimum absolute atomic E-state index is 0.610. The highest BCUT2D eigenvalue weighted by Gasteiger charge is 2.12. The van der Waals surface area contributed by atoms with Crippen LogP contribution in [0.1, 0.15) is 52.4 Å². The van der Waals surface area contributed by atoms with Gasteiger partial charge in [0.2, 0.25) is 0 Å². The predicted octanol–water partition coefficient (Wildman–Crippen LogP) is 2.66. The second-order valence-corrected chi connectivity index (χ2v) is 5.54. The number of morpholine rings is 1. The van der Waals surface area contributed by atoms with Gasteiger partial charge in [0.25, 0.3) is 0 Å². The largest absolute Gasteiger partial charge is 0.379 e. The molecule has 3 heteroatoms. The van der Waals surface area contributed by atoms with Crippen LogP contribution in [0.2, 0.25) is 0 Å². The Balaban J connectivity index is 1.88. The fourth-order valence-corrected chi connectivity index (χ4v) is 2.49. The monoisotopic (exact) mass is 256 g/mol. The first-order valence-electron chi connectivity index (χ1n) is 7.86. The number of unbranched alkanes of at least 4 members (excludes halogenated alkanes) is 5. The SMILES string of the molecule is CCCCCCCCNC(C)CN1CCOCC1. The van der Waals surface area contributed by atoms with Crippen LogP contribution < -0.4 is 5.32 Å². The highest BCUT2D eigenvalue weighted by Crippen LogP contribution is 2.04. The zero-order valence-corrected chi connectivity index (χ0v) is 12.4. The van der Waals surface area contributed by atoms with E-state index in [9.17, 15) is 0 Å². The number of rotatable bonds is 10. The summed E-state index contributed by atoms with van der Waals surface area (Å²) in [6.45, 7) is 10.9. The zero-order valence-electron chi connectivity index (χ0n) is 12.4. The summed E-state index contributed by atoms with van der Waals surface area (Å²) in [4.78, 5) is 2.50. The molecule has 18 heavy (non-hydrogen) atoms. The Hall–Kier alpha value is -0.120. The molecule has 3 nitrogen and oxygen atoms in total. The molecule has 1 heterocycles. The van der Waals surface area contributed by atoms with E-state index < -0.39 is 0 Å². The molecular weight excluding hydrogens is 224 g/mol. The van der Waals surface area contributed by atoms with Crippen LogP contribution in [0, 0.1) is 0 Å². The lowest BCUT2D eigenvalue weighted by molar-refractivity contribution is 0.0344. The van der Waals surface area contributed by atoms with E-state index in [0.717, 1.165) is 26.3 Å². The van der Waals surface area contributed by atoms with Gasteiger partial charge in [-0.25, -0.2) is 0 Å². The summed E-state index contributed by atoms with van der Waals surface area (Å²) in [5.74, 6) is 0. The molecule has 108 valence electrons. The highest BCUT2D eigenvalue weighted by molar-refractivity contribution is 4.69. The van der Waals surface area contributed by atoms with Crippen LogP contribution in [-0.4, -0.2) is 50.3 Å². The van der Waals surface area contributed by atoms with Gasteiger partial charge in [-0.15, -0.1) is 0 Å². The molecule has 0 aliphatic carbocycles. The number of ether oxygens (including phenoxy) is 1. The van der Waals surface area contributed by atoms with Crippen molar-refractivity contribution < 1.29 is 4.74 Å². The van der Waals surface area contributed by atoms with Crippen LogP contribution in [-0.2, 0) is 4.74 Å². The topological polar surface area (TPSA) is 24.5 Å². The zero-order chi connectivity index (χ0) is 13.1. The van der Waals surface area contributed by atoms with Gasteiger partial charge in [0.15, 0.2) is 0 Å². The van der Waals surface area contributed by atoms with E-state index in [0.29, 0.717) is 6.04 Å². The van der Waals surface area contributed by atoms with Crippen molar-refractivity contribution in [2.45, 2.75) is 58.4 Å². The summed E-state index contributed by atoms with van der Waals surface area (Å²) in [6.07, 6.45) is 8.29. The molecule has 0 radical (unpaired) electrons. The Morgan fingerprint density at radius 2 is 1.72 bits per heavy atom. The number of hydrogen-bond donors (Lipinski definition) is 1. The first kappa shape index (κ1) is 15.9. The molecule has 1 aliphatic heterocycles. The summed E-state index contributed by atoms with van der Waals surface area (Å²) in [6, 6.07) is 0.610. The molecule has 1 rings (SSSR count). The summed E-state index contributed by atoms with van der Waals surface area (Å²) in [7, 11) is 0. The van der Waals surface area contributed by atoms with Crippen molar-refractivity contribution in [3.8, 4) is 0 Å². The van der Waals surface area contributed by atoms with Crippen LogP contribution >= 0.6 is 0 Å². The molecule has 1 unspecified atom stereocenters. The molecule has 0 saturated carbocycles. The second kappa shape index (κ2) is 10.8. The Kier molecular flexibility index (Phi) is 9.54. The molecule has 1 N–H and O–H groups in total. The van der Waals surface area contributed by atoms with Crippen LogP contribution in [0.3, 0.4) is 0 Å². The predicted molar refractivity (Wildman–Crippen MR) is 78.1 cm³/mol. The van der Waals surface area contributed by atoms with Crippen molar-refractivity contribution >= 4 is 0 Å². The van der Waals surface area contributed by atoms with Crippen molar-refractivity contribution in [2.24, 2.45) is 0 Å². The molecule has 0 aromatic carbocycles. The van der Waals surface area contributed by atoms with Gasteiger partial charge in [-0.2, -0.15) is 0 Å². The minimum atomic E-state index is 0.610. The third kappa shape index (κ3) is 8.06. The van der Waals surface area contributed by atoms with E-state index in [1.807, 2.05) is 0 Å². The van der Waals surface area contributed by atoms with Crippen molar-refractivity contribution in [2.75, 3.05) is 39.4 Å². The first-order valence-corrected chi connectivity index (χ1v) is 7.86. The molecule has 1 saturated heterocycles. The van der Waals surface area contributed by atoms with E-state index in [2.05, 4.69) is 24.1 Å². The average Bonchev–Trinajstić information content (AvgIpc) is 2.39. The van der Waals surface area contributed by atoms with Gasteiger partial charge in [-0.1, -0.05) is 39.0 Å². The number of nitrogens with zero attached hydrogens (tertiary/aromatic N) is 1. The molecule has 0 amide bonds.